The summed E-state index contributed by atoms with van der Waals surface area (Å²) in [4.78, 5) is 20.6. The molecule has 0 aromatic carbocycles. The molecule has 0 aliphatic carbocycles. The Kier molecular flexibility index (Phi) is 37.9. The average molecular weight is 565 g/mol. The topological polar surface area (TPSA) is 74.6 Å². The molecule has 0 saturated heterocycles. The van der Waals surface area contributed by atoms with Crippen molar-refractivity contribution in [1.82, 2.24) is 0 Å². The van der Waals surface area contributed by atoms with Crippen LogP contribution in [0.1, 0.15) is 194 Å². The minimum atomic E-state index is -0.677. The number of unbranched alkanes of at least 4 members (excludes halogenated alkanes) is 22. The van der Waals surface area contributed by atoms with Crippen molar-refractivity contribution in [3.05, 3.63) is 24.3 Å². The predicted octanol–water partition coefficient (Wildman–Crippen LogP) is 12.2. The molecule has 2 N–H and O–H groups in total. The summed E-state index contributed by atoms with van der Waals surface area (Å²) >= 11 is 0. The normalized spacial score (nSPS) is 11.2. The van der Waals surface area contributed by atoms with Crippen LogP contribution in [-0.2, 0) is 9.59 Å². The first-order chi connectivity index (χ1) is 19.5. The molecule has 0 fully saturated rings. The third kappa shape index (κ3) is 43.5. The maximum atomic E-state index is 10.3. The first-order valence-electron chi connectivity index (χ1n) is 17.3. The predicted molar refractivity (Wildman–Crippen MR) is 174 cm³/mol. The number of rotatable bonds is 30. The van der Waals surface area contributed by atoms with Crippen LogP contribution >= 0.6 is 0 Å². The van der Waals surface area contributed by atoms with E-state index >= 15 is 0 Å². The van der Waals surface area contributed by atoms with E-state index in [1.165, 1.54) is 135 Å². The summed E-state index contributed by atoms with van der Waals surface area (Å²) in [6, 6.07) is 0. The third-order valence-electron chi connectivity index (χ3n) is 7.30. The Labute approximate surface area is 249 Å². The maximum absolute atomic E-state index is 10.3. The van der Waals surface area contributed by atoms with E-state index in [0.29, 0.717) is 12.8 Å². The van der Waals surface area contributed by atoms with Crippen molar-refractivity contribution in [2.45, 2.75) is 194 Å². The molecular weight excluding hydrogens is 496 g/mol. The second-order valence-corrected chi connectivity index (χ2v) is 11.5. The lowest BCUT2D eigenvalue weighted by molar-refractivity contribution is -0.138. The molecule has 0 bridgehead atoms. The number of carboxylic acid groups (broad SMARTS) is 2. The van der Waals surface area contributed by atoms with E-state index in [4.69, 9.17) is 10.2 Å². The van der Waals surface area contributed by atoms with Gasteiger partial charge in [0, 0.05) is 12.8 Å². The van der Waals surface area contributed by atoms with Crippen LogP contribution in [0, 0.1) is 0 Å². The minimum Gasteiger partial charge on any atom is -0.481 e. The Morgan fingerprint density at radius 3 is 0.925 bits per heavy atom. The van der Waals surface area contributed by atoms with Gasteiger partial charge < -0.3 is 10.2 Å². The lowest BCUT2D eigenvalue weighted by Gasteiger charge is -2.00. The van der Waals surface area contributed by atoms with Crippen molar-refractivity contribution in [2.75, 3.05) is 0 Å². The molecule has 40 heavy (non-hydrogen) atoms. The van der Waals surface area contributed by atoms with Crippen molar-refractivity contribution in [3.8, 4) is 0 Å². The van der Waals surface area contributed by atoms with Crippen LogP contribution in [0.2, 0.25) is 0 Å². The molecule has 0 radical (unpaired) electrons. The lowest BCUT2D eigenvalue weighted by Crippen LogP contribution is -1.93. The first kappa shape index (κ1) is 40.6. The zero-order chi connectivity index (χ0) is 29.8. The number of aliphatic carboxylic acids is 2. The largest absolute Gasteiger partial charge is 0.481 e. The zero-order valence-electron chi connectivity index (χ0n) is 26.8. The van der Waals surface area contributed by atoms with Gasteiger partial charge in [-0.15, -0.1) is 0 Å². The number of allylic oxidation sites excluding steroid dienone is 4. The van der Waals surface area contributed by atoms with Gasteiger partial charge in [-0.05, 0) is 64.2 Å². The molecule has 0 atom stereocenters. The van der Waals surface area contributed by atoms with Crippen molar-refractivity contribution < 1.29 is 19.8 Å². The van der Waals surface area contributed by atoms with Crippen molar-refractivity contribution in [1.29, 1.82) is 0 Å². The lowest BCUT2D eigenvalue weighted by atomic mass is 10.1. The molecule has 0 aromatic heterocycles. The molecular formula is C36H68O4. The summed E-state index contributed by atoms with van der Waals surface area (Å²) in [6.07, 6.45) is 42.5. The highest BCUT2D eigenvalue weighted by atomic mass is 16.4. The second kappa shape index (κ2) is 37.4. The quantitative estimate of drug-likeness (QED) is 0.0672. The van der Waals surface area contributed by atoms with Gasteiger partial charge in [-0.1, -0.05) is 141 Å². The highest BCUT2D eigenvalue weighted by Crippen LogP contribution is 2.12. The molecule has 0 aliphatic rings. The summed E-state index contributed by atoms with van der Waals surface area (Å²) in [5, 5.41) is 17.0. The van der Waals surface area contributed by atoms with Crippen molar-refractivity contribution in [3.63, 3.8) is 0 Å². The van der Waals surface area contributed by atoms with Gasteiger partial charge in [0.1, 0.15) is 0 Å². The van der Waals surface area contributed by atoms with E-state index in [0.717, 1.165) is 32.1 Å². The fourth-order valence-corrected chi connectivity index (χ4v) is 4.69. The van der Waals surface area contributed by atoms with E-state index in [-0.39, 0.29) is 0 Å². The first-order valence-corrected chi connectivity index (χ1v) is 17.3. The van der Waals surface area contributed by atoms with Gasteiger partial charge in [0.05, 0.1) is 0 Å². The highest BCUT2D eigenvalue weighted by Gasteiger charge is 1.97. The van der Waals surface area contributed by atoms with E-state index in [1.807, 2.05) is 0 Å². The molecule has 0 amide bonds. The van der Waals surface area contributed by atoms with Crippen LogP contribution in [-0.4, -0.2) is 22.2 Å². The summed E-state index contributed by atoms with van der Waals surface area (Å²) in [5.74, 6) is -1.34. The Hall–Kier alpha value is -1.58. The summed E-state index contributed by atoms with van der Waals surface area (Å²) in [6.45, 7) is 4.52. The fourth-order valence-electron chi connectivity index (χ4n) is 4.69. The SMILES string of the molecule is CCCCCCC=CCCCCCCCCCC(=O)O.CCCCCCCCCCCC=CCCCCC(=O)O. The Balaban J connectivity index is 0. The summed E-state index contributed by atoms with van der Waals surface area (Å²) in [5.41, 5.74) is 0. The molecule has 4 heteroatoms. The van der Waals surface area contributed by atoms with Gasteiger partial charge in [-0.2, -0.15) is 0 Å². The van der Waals surface area contributed by atoms with Crippen molar-refractivity contribution >= 4 is 11.9 Å². The van der Waals surface area contributed by atoms with Crippen LogP contribution in [0.3, 0.4) is 0 Å². The molecule has 236 valence electrons. The van der Waals surface area contributed by atoms with Gasteiger partial charge in [0.25, 0.3) is 0 Å². The molecule has 0 unspecified atom stereocenters. The Morgan fingerprint density at radius 1 is 0.375 bits per heavy atom. The fraction of sp³-hybridized carbons (Fsp3) is 0.833. The molecule has 0 spiro atoms. The van der Waals surface area contributed by atoms with Crippen LogP contribution in [0.4, 0.5) is 0 Å². The van der Waals surface area contributed by atoms with Gasteiger partial charge in [0.2, 0.25) is 0 Å². The molecule has 0 aliphatic heterocycles. The van der Waals surface area contributed by atoms with Crippen LogP contribution in [0.25, 0.3) is 0 Å². The summed E-state index contributed by atoms with van der Waals surface area (Å²) in [7, 11) is 0. The zero-order valence-corrected chi connectivity index (χ0v) is 26.8. The molecule has 0 saturated carbocycles. The Morgan fingerprint density at radius 2 is 0.600 bits per heavy atom. The van der Waals surface area contributed by atoms with Gasteiger partial charge >= 0.3 is 11.9 Å². The molecule has 0 aromatic rings. The maximum Gasteiger partial charge on any atom is 0.303 e. The van der Waals surface area contributed by atoms with E-state index < -0.39 is 11.9 Å². The van der Waals surface area contributed by atoms with Gasteiger partial charge in [0.15, 0.2) is 0 Å². The van der Waals surface area contributed by atoms with E-state index in [2.05, 4.69) is 38.2 Å². The highest BCUT2D eigenvalue weighted by molar-refractivity contribution is 5.66. The minimum absolute atomic E-state index is 0.312. The van der Waals surface area contributed by atoms with E-state index in [1.54, 1.807) is 0 Å². The standard InChI is InChI=1S/2C18H34O2/c2*1-2-3-4-5-6-7-8-9-10-11-12-13-14-15-16-17-18(19)20/h12-13H,2-11,14-17H2,1H3,(H,19,20);7-8H,2-6,9-17H2,1H3,(H,19,20). The van der Waals surface area contributed by atoms with Crippen LogP contribution in [0.5, 0.6) is 0 Å². The monoisotopic (exact) mass is 565 g/mol. The molecule has 4 nitrogen and oxygen atoms in total. The number of hydrogen-bond acceptors (Lipinski definition) is 2. The van der Waals surface area contributed by atoms with Gasteiger partial charge in [-0.3, -0.25) is 9.59 Å². The van der Waals surface area contributed by atoms with Crippen LogP contribution in [0.15, 0.2) is 24.3 Å². The number of carboxylic acids is 2. The second-order valence-electron chi connectivity index (χ2n) is 11.5. The Bertz CT molecular complexity index is 567. The summed E-state index contributed by atoms with van der Waals surface area (Å²) < 4.78 is 0. The third-order valence-corrected chi connectivity index (χ3v) is 7.30. The van der Waals surface area contributed by atoms with Crippen LogP contribution < -0.4 is 0 Å². The molecule has 0 heterocycles. The number of hydrogen-bond donors (Lipinski definition) is 2. The molecule has 0 rings (SSSR count). The van der Waals surface area contributed by atoms with E-state index in [9.17, 15) is 9.59 Å². The smallest absolute Gasteiger partial charge is 0.303 e. The van der Waals surface area contributed by atoms with Crippen molar-refractivity contribution in [2.24, 2.45) is 0 Å². The average Bonchev–Trinajstić information content (AvgIpc) is 2.93. The van der Waals surface area contributed by atoms with Gasteiger partial charge in [-0.25, -0.2) is 0 Å². The number of carbonyl (C=O) groups is 2.